The second-order valence-electron chi connectivity index (χ2n) is 6.24. The Kier molecular flexibility index (Phi) is 10.3. The Morgan fingerprint density at radius 3 is 1.21 bits per heavy atom. The molecule has 0 amide bonds. The molecule has 0 aromatic heterocycles. The van der Waals surface area contributed by atoms with Crippen molar-refractivity contribution in [1.82, 2.24) is 0 Å². The van der Waals surface area contributed by atoms with Gasteiger partial charge in [0.1, 0.15) is 4.87 Å². The second-order valence-corrected chi connectivity index (χ2v) is 17.4. The molecule has 17 heteroatoms. The minimum absolute atomic E-state index is 0.111. The first-order chi connectivity index (χ1) is 12.3. The summed E-state index contributed by atoms with van der Waals surface area (Å²) < 4.78 is -13.0. The minimum atomic E-state index is -2.84. The highest BCUT2D eigenvalue weighted by Gasteiger charge is 2.80. The van der Waals surface area contributed by atoms with Crippen molar-refractivity contribution >= 4 is 186 Å². The Morgan fingerprint density at radius 2 is 0.897 bits per heavy atom. The molecule has 0 aromatic rings. The van der Waals surface area contributed by atoms with E-state index in [0.29, 0.717) is 6.61 Å². The standard InChI is InChI=1S/C12H8Cl16O/c1-5(13,12(26,27)28)7(16,17)9(20,21)11(24,25)10(22,23)8(18,19)6(14,15)2-4-3-29-4/h4H,2-3H2,1H3. The van der Waals surface area contributed by atoms with Gasteiger partial charge < -0.3 is 4.74 Å². The lowest BCUT2D eigenvalue weighted by Gasteiger charge is -2.55. The third-order valence-corrected chi connectivity index (χ3v) is 15.0. The van der Waals surface area contributed by atoms with Crippen LogP contribution in [0.2, 0.25) is 0 Å². The number of hydrogen-bond acceptors (Lipinski definition) is 1. The molecule has 0 radical (unpaired) electrons. The van der Waals surface area contributed by atoms with Crippen molar-refractivity contribution in [3.05, 3.63) is 0 Å². The molecular weight excluding hydrogens is 727 g/mol. The number of alkyl halides is 16. The predicted octanol–water partition coefficient (Wildman–Crippen LogP) is 10.2. The van der Waals surface area contributed by atoms with E-state index in [4.69, 9.17) is 190 Å². The van der Waals surface area contributed by atoms with E-state index in [1.165, 1.54) is 0 Å². The summed E-state index contributed by atoms with van der Waals surface area (Å²) in [6, 6.07) is 0. The largest absolute Gasteiger partial charge is 0.373 e. The molecule has 2 atom stereocenters. The Morgan fingerprint density at radius 1 is 0.586 bits per heavy atom. The van der Waals surface area contributed by atoms with E-state index in [2.05, 4.69) is 0 Å². The molecule has 0 aliphatic carbocycles. The molecule has 0 aromatic carbocycles. The van der Waals surface area contributed by atoms with Gasteiger partial charge in [-0.15, -0.1) is 11.6 Å². The molecule has 0 spiro atoms. The average Bonchev–Trinajstić information content (AvgIpc) is 3.27. The van der Waals surface area contributed by atoms with Crippen LogP contribution in [0, 0.1) is 0 Å². The molecule has 1 heterocycles. The van der Waals surface area contributed by atoms with Gasteiger partial charge in [-0.1, -0.05) is 174 Å². The molecule has 1 nitrogen and oxygen atoms in total. The molecule has 0 saturated carbocycles. The zero-order valence-corrected chi connectivity index (χ0v) is 25.5. The Hall–Kier alpha value is 4.60. The highest BCUT2D eigenvalue weighted by atomic mass is 35.6. The van der Waals surface area contributed by atoms with Gasteiger partial charge in [0.2, 0.25) is 3.79 Å². The molecule has 1 aliphatic heterocycles. The van der Waals surface area contributed by atoms with Gasteiger partial charge in [0.05, 0.1) is 12.7 Å². The summed E-state index contributed by atoms with van der Waals surface area (Å²) in [6.07, 6.45) is -0.474. The SMILES string of the molecule is CC(Cl)(C(Cl)(Cl)Cl)C(Cl)(Cl)C(Cl)(Cl)C(Cl)(Cl)C(Cl)(Cl)C(Cl)(Cl)C(Cl)(Cl)CC1CO1. The summed E-state index contributed by atoms with van der Waals surface area (Å²) in [5.74, 6) is 0. The van der Waals surface area contributed by atoms with E-state index in [1.54, 1.807) is 0 Å². The van der Waals surface area contributed by atoms with Crippen molar-refractivity contribution < 1.29 is 4.74 Å². The Balaban J connectivity index is 3.52. The zero-order chi connectivity index (χ0) is 23.7. The fourth-order valence-electron chi connectivity index (χ4n) is 1.89. The first-order valence-corrected chi connectivity index (χ1v) is 13.0. The molecule has 1 saturated heterocycles. The highest BCUT2D eigenvalue weighted by Crippen LogP contribution is 2.72. The number of halogens is 16. The van der Waals surface area contributed by atoms with Gasteiger partial charge >= 0.3 is 0 Å². The van der Waals surface area contributed by atoms with Gasteiger partial charge in [0, 0.05) is 6.42 Å². The maximum Gasteiger partial charge on any atom is 0.212 e. The Bertz CT molecular complexity index is 614. The molecule has 174 valence electrons. The molecule has 29 heavy (non-hydrogen) atoms. The van der Waals surface area contributed by atoms with Crippen LogP contribution in [0.1, 0.15) is 13.3 Å². The van der Waals surface area contributed by atoms with Crippen molar-refractivity contribution in [3.8, 4) is 0 Å². The van der Waals surface area contributed by atoms with Crippen molar-refractivity contribution in [3.63, 3.8) is 0 Å². The van der Waals surface area contributed by atoms with Crippen molar-refractivity contribution in [2.75, 3.05) is 6.61 Å². The summed E-state index contributed by atoms with van der Waals surface area (Å²) in [5.41, 5.74) is 0. The van der Waals surface area contributed by atoms with Gasteiger partial charge in [0.25, 0.3) is 0 Å². The number of epoxide rings is 1. The van der Waals surface area contributed by atoms with Crippen LogP contribution in [0.5, 0.6) is 0 Å². The number of hydrogen-bond donors (Lipinski definition) is 0. The smallest absolute Gasteiger partial charge is 0.212 e. The van der Waals surface area contributed by atoms with Crippen molar-refractivity contribution in [1.29, 1.82) is 0 Å². The lowest BCUT2D eigenvalue weighted by molar-refractivity contribution is 0.367. The van der Waals surface area contributed by atoms with Crippen LogP contribution in [0.15, 0.2) is 0 Å². The minimum Gasteiger partial charge on any atom is -0.373 e. The molecule has 0 bridgehead atoms. The van der Waals surface area contributed by atoms with Gasteiger partial charge in [-0.05, 0) is 6.92 Å². The number of ether oxygens (including phenoxy) is 1. The quantitative estimate of drug-likeness (QED) is 0.179. The van der Waals surface area contributed by atoms with Gasteiger partial charge in [-0.2, -0.15) is 0 Å². The summed E-state index contributed by atoms with van der Waals surface area (Å²) in [7, 11) is 0. The van der Waals surface area contributed by atoms with E-state index in [0.717, 1.165) is 6.92 Å². The van der Waals surface area contributed by atoms with Gasteiger partial charge in [-0.25, -0.2) is 0 Å². The van der Waals surface area contributed by atoms with E-state index in [-0.39, 0.29) is 12.5 Å². The van der Waals surface area contributed by atoms with Gasteiger partial charge in [0.15, 0.2) is 26.0 Å². The highest BCUT2D eigenvalue weighted by molar-refractivity contribution is 6.80. The summed E-state index contributed by atoms with van der Waals surface area (Å²) >= 11 is 99.8. The third-order valence-electron chi connectivity index (χ3n) is 4.05. The summed E-state index contributed by atoms with van der Waals surface area (Å²) in [6.45, 7) is 1.45. The van der Waals surface area contributed by atoms with Crippen LogP contribution >= 0.6 is 186 Å². The molecule has 1 aliphatic rings. The van der Waals surface area contributed by atoms with Gasteiger partial charge in [-0.3, -0.25) is 0 Å². The van der Waals surface area contributed by atoms with E-state index >= 15 is 0 Å². The Labute approximate surface area is 248 Å². The van der Waals surface area contributed by atoms with Crippen LogP contribution < -0.4 is 0 Å². The second kappa shape index (κ2) is 9.48. The van der Waals surface area contributed by atoms with Crippen molar-refractivity contribution in [2.45, 2.75) is 54.1 Å². The van der Waals surface area contributed by atoms with Crippen LogP contribution in [-0.2, 0) is 4.74 Å². The summed E-state index contributed by atoms with van der Waals surface area (Å²) in [4.78, 5) is -2.22. The molecule has 1 rings (SSSR count). The third kappa shape index (κ3) is 5.34. The van der Waals surface area contributed by atoms with E-state index in [9.17, 15) is 0 Å². The fourth-order valence-corrected chi connectivity index (χ4v) is 7.09. The number of rotatable bonds is 8. The van der Waals surface area contributed by atoms with Crippen LogP contribution in [0.3, 0.4) is 0 Å². The molecular formula is C12H8Cl16O. The first kappa shape index (κ1) is 31.6. The van der Waals surface area contributed by atoms with Crippen LogP contribution in [0.4, 0.5) is 0 Å². The lowest BCUT2D eigenvalue weighted by Crippen LogP contribution is -2.70. The lowest BCUT2D eigenvalue weighted by atomic mass is 9.97. The fraction of sp³-hybridized carbons (Fsp3) is 1.00. The van der Waals surface area contributed by atoms with E-state index < -0.39 is 34.7 Å². The topological polar surface area (TPSA) is 12.5 Å². The van der Waals surface area contributed by atoms with Crippen LogP contribution in [-0.4, -0.2) is 47.4 Å². The molecule has 1 fully saturated rings. The predicted molar refractivity (Wildman–Crippen MR) is 136 cm³/mol. The maximum atomic E-state index is 6.37. The van der Waals surface area contributed by atoms with Crippen LogP contribution in [0.25, 0.3) is 0 Å². The van der Waals surface area contributed by atoms with Crippen molar-refractivity contribution in [2.24, 2.45) is 0 Å². The average molecular weight is 735 g/mol. The summed E-state index contributed by atoms with van der Waals surface area (Å²) in [5, 5.41) is 0. The maximum absolute atomic E-state index is 6.37. The zero-order valence-electron chi connectivity index (χ0n) is 13.4. The molecule has 2 unspecified atom stereocenters. The first-order valence-electron chi connectivity index (χ1n) is 6.97. The van der Waals surface area contributed by atoms with E-state index in [1.807, 2.05) is 0 Å². The monoisotopic (exact) mass is 728 g/mol. The normalized spacial score (nSPS) is 22.4. The molecule has 0 N–H and O–H groups in total.